The molecule has 0 saturated carbocycles. The first-order chi connectivity index (χ1) is 9.32. The van der Waals surface area contributed by atoms with Gasteiger partial charge in [0.15, 0.2) is 0 Å². The van der Waals surface area contributed by atoms with Crippen LogP contribution in [0.3, 0.4) is 0 Å². The molecule has 0 aliphatic heterocycles. The molecule has 0 amide bonds. The number of benzene rings is 1. The number of hydrogen-bond acceptors (Lipinski definition) is 3. The SMILES string of the molecule is CCN(C)S(=O)(=O)N(CCO)Cc1ccc(Cl)c(Cl)c1. The van der Waals surface area contributed by atoms with Crippen molar-refractivity contribution < 1.29 is 13.5 Å². The maximum Gasteiger partial charge on any atom is 0.282 e. The van der Waals surface area contributed by atoms with E-state index in [1.54, 1.807) is 25.1 Å². The minimum atomic E-state index is -3.60. The molecule has 20 heavy (non-hydrogen) atoms. The summed E-state index contributed by atoms with van der Waals surface area (Å²) in [6.07, 6.45) is 0. The van der Waals surface area contributed by atoms with Crippen molar-refractivity contribution in [1.29, 1.82) is 0 Å². The Morgan fingerprint density at radius 1 is 1.25 bits per heavy atom. The zero-order chi connectivity index (χ0) is 15.3. The van der Waals surface area contributed by atoms with Crippen LogP contribution in [-0.2, 0) is 16.8 Å². The van der Waals surface area contributed by atoms with E-state index in [-0.39, 0.29) is 19.7 Å². The molecule has 114 valence electrons. The molecule has 0 aliphatic rings. The van der Waals surface area contributed by atoms with Crippen LogP contribution >= 0.6 is 23.2 Å². The molecule has 5 nitrogen and oxygen atoms in total. The van der Waals surface area contributed by atoms with Gasteiger partial charge in [-0.25, -0.2) is 0 Å². The summed E-state index contributed by atoms with van der Waals surface area (Å²) in [6.45, 7) is 1.99. The number of aliphatic hydroxyl groups is 1. The second kappa shape index (κ2) is 7.59. The molecule has 0 heterocycles. The van der Waals surface area contributed by atoms with Gasteiger partial charge in [-0.3, -0.25) is 0 Å². The Labute approximate surface area is 129 Å². The third-order valence-corrected chi connectivity index (χ3v) is 5.61. The highest BCUT2D eigenvalue weighted by molar-refractivity contribution is 7.86. The van der Waals surface area contributed by atoms with Crippen molar-refractivity contribution in [2.45, 2.75) is 13.5 Å². The normalized spacial score (nSPS) is 12.3. The van der Waals surface area contributed by atoms with Crippen LogP contribution in [0.4, 0.5) is 0 Å². The molecule has 0 bridgehead atoms. The number of halogens is 2. The molecule has 1 aromatic carbocycles. The van der Waals surface area contributed by atoms with Crippen LogP contribution in [-0.4, -0.2) is 48.9 Å². The van der Waals surface area contributed by atoms with E-state index in [2.05, 4.69) is 0 Å². The summed E-state index contributed by atoms with van der Waals surface area (Å²) < 4.78 is 27.0. The van der Waals surface area contributed by atoms with Crippen LogP contribution in [0.1, 0.15) is 12.5 Å². The van der Waals surface area contributed by atoms with Gasteiger partial charge < -0.3 is 5.11 Å². The van der Waals surface area contributed by atoms with Gasteiger partial charge >= 0.3 is 0 Å². The van der Waals surface area contributed by atoms with Gasteiger partial charge in [0.1, 0.15) is 0 Å². The number of hydrogen-bond donors (Lipinski definition) is 1. The maximum atomic E-state index is 12.3. The number of aliphatic hydroxyl groups excluding tert-OH is 1. The molecular formula is C12H18Cl2N2O3S. The summed E-state index contributed by atoms with van der Waals surface area (Å²) in [7, 11) is -2.11. The zero-order valence-electron chi connectivity index (χ0n) is 11.4. The van der Waals surface area contributed by atoms with Gasteiger partial charge in [-0.2, -0.15) is 17.0 Å². The lowest BCUT2D eigenvalue weighted by molar-refractivity contribution is 0.244. The van der Waals surface area contributed by atoms with Crippen molar-refractivity contribution >= 4 is 33.4 Å². The van der Waals surface area contributed by atoms with Crippen LogP contribution in [0.5, 0.6) is 0 Å². The molecular weight excluding hydrogens is 323 g/mol. The lowest BCUT2D eigenvalue weighted by Crippen LogP contribution is -2.42. The van der Waals surface area contributed by atoms with Crippen LogP contribution in [0.15, 0.2) is 18.2 Å². The molecule has 0 atom stereocenters. The Kier molecular flexibility index (Phi) is 6.71. The highest BCUT2D eigenvalue weighted by Gasteiger charge is 2.25. The highest BCUT2D eigenvalue weighted by atomic mass is 35.5. The summed E-state index contributed by atoms with van der Waals surface area (Å²) in [5.74, 6) is 0. The molecule has 1 N–H and O–H groups in total. The summed E-state index contributed by atoms with van der Waals surface area (Å²) in [4.78, 5) is 0. The third-order valence-electron chi connectivity index (χ3n) is 2.86. The molecule has 8 heteroatoms. The van der Waals surface area contributed by atoms with Gasteiger partial charge in [0, 0.05) is 26.7 Å². The molecule has 0 radical (unpaired) electrons. The molecule has 0 saturated heterocycles. The van der Waals surface area contributed by atoms with E-state index >= 15 is 0 Å². The molecule has 0 aromatic heterocycles. The van der Waals surface area contributed by atoms with E-state index in [4.69, 9.17) is 28.3 Å². The summed E-state index contributed by atoms with van der Waals surface area (Å²) in [5.41, 5.74) is 0.709. The summed E-state index contributed by atoms with van der Waals surface area (Å²) >= 11 is 11.7. The van der Waals surface area contributed by atoms with E-state index in [0.717, 1.165) is 0 Å². The summed E-state index contributed by atoms with van der Waals surface area (Å²) in [5, 5.41) is 9.84. The molecule has 1 rings (SSSR count). The predicted molar refractivity (Wildman–Crippen MR) is 81.2 cm³/mol. The average Bonchev–Trinajstić information content (AvgIpc) is 2.41. The molecule has 1 aromatic rings. The fourth-order valence-corrected chi connectivity index (χ4v) is 3.26. The fraction of sp³-hybridized carbons (Fsp3) is 0.500. The van der Waals surface area contributed by atoms with Crippen LogP contribution in [0.2, 0.25) is 10.0 Å². The smallest absolute Gasteiger partial charge is 0.282 e. The van der Waals surface area contributed by atoms with Gasteiger partial charge in [0.25, 0.3) is 10.2 Å². The third kappa shape index (κ3) is 4.31. The van der Waals surface area contributed by atoms with E-state index in [1.807, 2.05) is 0 Å². The lowest BCUT2D eigenvalue weighted by atomic mass is 10.2. The molecule has 0 aliphatic carbocycles. The topological polar surface area (TPSA) is 60.9 Å². The largest absolute Gasteiger partial charge is 0.395 e. The molecule has 0 unspecified atom stereocenters. The van der Waals surface area contributed by atoms with Crippen molar-refractivity contribution in [3.05, 3.63) is 33.8 Å². The predicted octanol–water partition coefficient (Wildman–Crippen LogP) is 1.98. The van der Waals surface area contributed by atoms with E-state index in [9.17, 15) is 8.42 Å². The number of rotatable bonds is 7. The Morgan fingerprint density at radius 2 is 1.90 bits per heavy atom. The maximum absolute atomic E-state index is 12.3. The van der Waals surface area contributed by atoms with Gasteiger partial charge in [-0.1, -0.05) is 36.2 Å². The van der Waals surface area contributed by atoms with Gasteiger partial charge in [0.05, 0.1) is 16.7 Å². The highest BCUT2D eigenvalue weighted by Crippen LogP contribution is 2.24. The number of nitrogens with zero attached hydrogens (tertiary/aromatic N) is 2. The first kappa shape index (κ1) is 17.7. The van der Waals surface area contributed by atoms with Crippen molar-refractivity contribution in [2.24, 2.45) is 0 Å². The fourth-order valence-electron chi connectivity index (χ4n) is 1.59. The minimum absolute atomic E-state index is 0.0208. The second-order valence-corrected chi connectivity index (χ2v) is 7.08. The standard InChI is InChI=1S/C12H18Cl2N2O3S/c1-3-15(2)20(18,19)16(6-7-17)9-10-4-5-11(13)12(14)8-10/h4-5,8,17H,3,6-7,9H2,1-2H3. The Balaban J connectivity index is 3.00. The molecule has 0 spiro atoms. The zero-order valence-corrected chi connectivity index (χ0v) is 13.7. The van der Waals surface area contributed by atoms with Crippen molar-refractivity contribution in [1.82, 2.24) is 8.61 Å². The first-order valence-corrected chi connectivity index (χ1v) is 8.24. The quantitative estimate of drug-likeness (QED) is 0.825. The first-order valence-electron chi connectivity index (χ1n) is 6.09. The van der Waals surface area contributed by atoms with Crippen LogP contribution < -0.4 is 0 Å². The Morgan fingerprint density at radius 3 is 2.40 bits per heavy atom. The second-order valence-electron chi connectivity index (χ2n) is 4.23. The van der Waals surface area contributed by atoms with Gasteiger partial charge in [-0.05, 0) is 17.7 Å². The van der Waals surface area contributed by atoms with Crippen molar-refractivity contribution in [3.8, 4) is 0 Å². The van der Waals surface area contributed by atoms with E-state index < -0.39 is 10.2 Å². The average molecular weight is 341 g/mol. The van der Waals surface area contributed by atoms with Gasteiger partial charge in [0.2, 0.25) is 0 Å². The monoisotopic (exact) mass is 340 g/mol. The Hall–Kier alpha value is -0.370. The van der Waals surface area contributed by atoms with Crippen molar-refractivity contribution in [2.75, 3.05) is 26.7 Å². The minimum Gasteiger partial charge on any atom is -0.395 e. The Bertz CT molecular complexity index is 552. The van der Waals surface area contributed by atoms with E-state index in [0.29, 0.717) is 22.2 Å². The molecule has 0 fully saturated rings. The lowest BCUT2D eigenvalue weighted by Gasteiger charge is -2.26. The van der Waals surface area contributed by atoms with Crippen LogP contribution in [0, 0.1) is 0 Å². The summed E-state index contributed by atoms with van der Waals surface area (Å²) in [6, 6.07) is 4.95. The van der Waals surface area contributed by atoms with Crippen LogP contribution in [0.25, 0.3) is 0 Å². The van der Waals surface area contributed by atoms with Gasteiger partial charge in [-0.15, -0.1) is 0 Å². The van der Waals surface area contributed by atoms with E-state index in [1.165, 1.54) is 15.7 Å². The van der Waals surface area contributed by atoms with Crippen molar-refractivity contribution in [3.63, 3.8) is 0 Å².